The number of hydrogen-bond acceptors (Lipinski definition) is 6. The summed E-state index contributed by atoms with van der Waals surface area (Å²) in [5.41, 5.74) is 0. The molecule has 0 saturated carbocycles. The number of halogens is 9. The molecule has 0 aromatic rings. The van der Waals surface area contributed by atoms with Gasteiger partial charge in [0.05, 0.1) is 0 Å². The highest BCUT2D eigenvalue weighted by molar-refractivity contribution is 7.95. The van der Waals surface area contributed by atoms with E-state index in [0.717, 1.165) is 0 Å². The Kier molecular flexibility index (Phi) is 5.27. The standard InChI is InChI=1S/C4HF9O5S2/c5-1(6,3(9,10)19-18-17-14)2(7,8)4(11,12)20(13,15)16/h14H/p-1. The molecular weight excluding hydrogens is 363 g/mol. The maximum atomic E-state index is 12.7. The number of hydrogen-bond donors (Lipinski definition) is 0. The van der Waals surface area contributed by atoms with Gasteiger partial charge in [-0.05, 0) is 0 Å². The van der Waals surface area contributed by atoms with Crippen LogP contribution in [0.4, 0.5) is 39.0 Å². The summed E-state index contributed by atoms with van der Waals surface area (Å²) in [6.45, 7) is 0. The van der Waals surface area contributed by atoms with E-state index in [0.29, 0.717) is 0 Å². The van der Waals surface area contributed by atoms with Gasteiger partial charge in [-0.25, -0.2) is 0 Å². The van der Waals surface area contributed by atoms with E-state index in [2.05, 4.69) is 9.37 Å². The molecule has 0 spiro atoms. The van der Waals surface area contributed by atoms with Gasteiger partial charge < -0.3 is 5.26 Å². The van der Waals surface area contributed by atoms with Crippen molar-refractivity contribution in [1.82, 2.24) is 0 Å². The van der Waals surface area contributed by atoms with Crippen LogP contribution in [0.5, 0.6) is 0 Å². The Morgan fingerprint density at radius 3 is 1.60 bits per heavy atom. The molecule has 0 fully saturated rings. The molecular formula is C4F9O5S2-. The van der Waals surface area contributed by atoms with E-state index in [4.69, 9.17) is 5.26 Å². The molecule has 0 unspecified atom stereocenters. The second-order valence-electron chi connectivity index (χ2n) is 2.84. The van der Waals surface area contributed by atoms with Crippen LogP contribution in [0.15, 0.2) is 0 Å². The smallest absolute Gasteiger partial charge is 0.442 e. The zero-order valence-electron chi connectivity index (χ0n) is 8.26. The Bertz CT molecular complexity index is 447. The monoisotopic (exact) mass is 363 g/mol. The predicted molar refractivity (Wildman–Crippen MR) is 39.6 cm³/mol. The van der Waals surface area contributed by atoms with Crippen molar-refractivity contribution in [3.05, 3.63) is 0 Å². The maximum absolute atomic E-state index is 12.7. The Morgan fingerprint density at radius 2 is 1.30 bits per heavy atom. The summed E-state index contributed by atoms with van der Waals surface area (Å²) >= 11 is -2.11. The Hall–Kier alpha value is -0.450. The maximum Gasteiger partial charge on any atom is 0.442 e. The highest BCUT2D eigenvalue weighted by atomic mass is 32.3. The molecule has 0 aliphatic heterocycles. The third kappa shape index (κ3) is 2.92. The SMILES string of the molecule is O=S(=O)(F)C(F)(F)C(F)(F)C(F)(F)C(F)(F)SOO[O-]. The highest BCUT2D eigenvalue weighted by Crippen LogP contribution is 2.57. The molecule has 0 heterocycles. The first-order valence-corrected chi connectivity index (χ1v) is 5.78. The zero-order chi connectivity index (χ0) is 16.6. The number of alkyl halides is 8. The van der Waals surface area contributed by atoms with Gasteiger partial charge in [-0.15, -0.1) is 0 Å². The fourth-order valence-electron chi connectivity index (χ4n) is 0.628. The lowest BCUT2D eigenvalue weighted by molar-refractivity contribution is -0.777. The fraction of sp³-hybridized carbons (Fsp3) is 1.00. The molecule has 0 bridgehead atoms. The summed E-state index contributed by atoms with van der Waals surface area (Å²) in [6, 6.07) is 0. The lowest BCUT2D eigenvalue weighted by atomic mass is 10.2. The molecule has 5 nitrogen and oxygen atoms in total. The molecule has 16 heteroatoms. The fourth-order valence-corrected chi connectivity index (χ4v) is 1.41. The first kappa shape index (κ1) is 19.6. The average Bonchev–Trinajstić information content (AvgIpc) is 2.24. The van der Waals surface area contributed by atoms with E-state index < -0.39 is 44.6 Å². The van der Waals surface area contributed by atoms with Crippen LogP contribution in [0.25, 0.3) is 0 Å². The molecule has 0 aliphatic carbocycles. The highest BCUT2D eigenvalue weighted by Gasteiger charge is 2.85. The molecule has 0 rings (SSSR count). The van der Waals surface area contributed by atoms with E-state index in [9.17, 15) is 47.4 Å². The summed E-state index contributed by atoms with van der Waals surface area (Å²) < 4.78 is 134. The van der Waals surface area contributed by atoms with E-state index in [1.54, 1.807) is 0 Å². The predicted octanol–water partition coefficient (Wildman–Crippen LogP) is 1.61. The molecule has 122 valence electrons. The number of rotatable bonds is 7. The summed E-state index contributed by atoms with van der Waals surface area (Å²) in [6.07, 6.45) is 0. The van der Waals surface area contributed by atoms with Gasteiger partial charge in [0, 0.05) is 0 Å². The van der Waals surface area contributed by atoms with Crippen LogP contribution >= 0.6 is 12.0 Å². The lowest BCUT2D eigenvalue weighted by Gasteiger charge is -2.33. The van der Waals surface area contributed by atoms with Crippen LogP contribution < -0.4 is 5.26 Å². The minimum atomic E-state index is -7.66. The third-order valence-corrected chi connectivity index (χ3v) is 3.06. The van der Waals surface area contributed by atoms with E-state index in [1.807, 2.05) is 0 Å². The van der Waals surface area contributed by atoms with Crippen molar-refractivity contribution in [2.24, 2.45) is 0 Å². The second-order valence-corrected chi connectivity index (χ2v) is 5.04. The summed E-state index contributed by atoms with van der Waals surface area (Å²) in [7, 11) is -7.66. The molecule has 0 aromatic heterocycles. The van der Waals surface area contributed by atoms with Crippen LogP contribution in [-0.4, -0.2) is 30.8 Å². The van der Waals surface area contributed by atoms with Crippen LogP contribution in [0, 0.1) is 0 Å². The van der Waals surface area contributed by atoms with Gasteiger partial charge in [0.15, 0.2) is 0 Å². The van der Waals surface area contributed by atoms with Crippen molar-refractivity contribution in [3.63, 3.8) is 0 Å². The second kappa shape index (κ2) is 5.39. The molecule has 0 aliphatic rings. The molecule has 0 saturated heterocycles. The van der Waals surface area contributed by atoms with E-state index in [1.165, 1.54) is 0 Å². The van der Waals surface area contributed by atoms with Crippen molar-refractivity contribution >= 4 is 22.3 Å². The lowest BCUT2D eigenvalue weighted by Crippen LogP contribution is -2.62. The largest absolute Gasteiger partial charge is 0.691 e. The van der Waals surface area contributed by atoms with Crippen molar-refractivity contribution in [1.29, 1.82) is 0 Å². The average molecular weight is 363 g/mol. The summed E-state index contributed by atoms with van der Waals surface area (Å²) in [5, 5.41) is -2.23. The van der Waals surface area contributed by atoms with Gasteiger partial charge in [-0.2, -0.15) is 47.9 Å². The van der Waals surface area contributed by atoms with Crippen molar-refractivity contribution in [2.75, 3.05) is 0 Å². The van der Waals surface area contributed by atoms with Crippen LogP contribution in [0.2, 0.25) is 0 Å². The van der Waals surface area contributed by atoms with E-state index in [-0.39, 0.29) is 0 Å². The van der Waals surface area contributed by atoms with Gasteiger partial charge >= 0.3 is 32.6 Å². The Morgan fingerprint density at radius 1 is 0.900 bits per heavy atom. The van der Waals surface area contributed by atoms with Gasteiger partial charge in [-0.3, -0.25) is 5.04 Å². The molecule has 0 atom stereocenters. The zero-order valence-corrected chi connectivity index (χ0v) is 9.89. The van der Waals surface area contributed by atoms with Crippen LogP contribution in [0.1, 0.15) is 0 Å². The summed E-state index contributed by atoms with van der Waals surface area (Å²) in [4.78, 5) is 0. The van der Waals surface area contributed by atoms with Crippen molar-refractivity contribution < 1.29 is 62.1 Å². The normalized spacial score (nSPS) is 15.5. The van der Waals surface area contributed by atoms with E-state index >= 15 is 0 Å². The molecule has 0 N–H and O–H groups in total. The van der Waals surface area contributed by atoms with Crippen LogP contribution in [0.3, 0.4) is 0 Å². The Labute approximate surface area is 107 Å². The third-order valence-electron chi connectivity index (χ3n) is 1.60. The Balaban J connectivity index is 5.80. The topological polar surface area (TPSA) is 75.7 Å². The van der Waals surface area contributed by atoms with Crippen molar-refractivity contribution in [2.45, 2.75) is 22.4 Å². The van der Waals surface area contributed by atoms with Gasteiger partial charge in [0.2, 0.25) is 0 Å². The van der Waals surface area contributed by atoms with Crippen LogP contribution in [-0.2, 0) is 19.6 Å². The molecule has 20 heavy (non-hydrogen) atoms. The summed E-state index contributed by atoms with van der Waals surface area (Å²) in [5.74, 6) is -14.5. The van der Waals surface area contributed by atoms with Gasteiger partial charge in [0.25, 0.3) is 0 Å². The first-order chi connectivity index (χ1) is 8.56. The quantitative estimate of drug-likeness (QED) is 0.225. The molecule has 0 radical (unpaired) electrons. The minimum Gasteiger partial charge on any atom is -0.691 e. The molecule has 0 aromatic carbocycles. The first-order valence-electron chi connectivity index (χ1n) is 3.66. The van der Waals surface area contributed by atoms with Gasteiger partial charge in [-0.1, -0.05) is 3.89 Å². The minimum absolute atomic E-state index is 2.11. The van der Waals surface area contributed by atoms with Gasteiger partial charge in [0.1, 0.15) is 12.0 Å². The van der Waals surface area contributed by atoms with Crippen molar-refractivity contribution in [3.8, 4) is 0 Å². The molecule has 0 amide bonds.